The molecule has 0 aliphatic heterocycles. The van der Waals surface area contributed by atoms with Crippen LogP contribution in [0.2, 0.25) is 0 Å². The van der Waals surface area contributed by atoms with Gasteiger partial charge in [-0.25, -0.2) is 9.78 Å². The van der Waals surface area contributed by atoms with Gasteiger partial charge in [-0.1, -0.05) is 42.5 Å². The molecular weight excluding hydrogens is 410 g/mol. The van der Waals surface area contributed by atoms with Gasteiger partial charge in [-0.3, -0.25) is 18.7 Å². The molecule has 0 unspecified atom stereocenters. The minimum atomic E-state index is -0.902. The Morgan fingerprint density at radius 3 is 2.44 bits per heavy atom. The zero-order valence-corrected chi connectivity index (χ0v) is 18.0. The lowest BCUT2D eigenvalue weighted by atomic mass is 10.1. The Balaban J connectivity index is 1.88. The van der Waals surface area contributed by atoms with Gasteiger partial charge in [0.25, 0.3) is 11.5 Å². The van der Waals surface area contributed by atoms with E-state index in [9.17, 15) is 14.4 Å². The zero-order valence-electron chi connectivity index (χ0n) is 18.0. The summed E-state index contributed by atoms with van der Waals surface area (Å²) in [5, 5.41) is 2.92. The summed E-state index contributed by atoms with van der Waals surface area (Å²) in [6, 6.07) is 15.3. The quantitative estimate of drug-likeness (QED) is 0.502. The number of rotatable bonds is 6. The van der Waals surface area contributed by atoms with Crippen LogP contribution in [0, 0.1) is 0 Å². The van der Waals surface area contributed by atoms with Crippen LogP contribution in [0.5, 0.6) is 5.75 Å². The molecule has 164 valence electrons. The predicted octanol–water partition coefficient (Wildman–Crippen LogP) is 2.06. The number of aryl methyl sites for hydroxylation is 1. The Hall–Kier alpha value is -4.14. The molecule has 4 aromatic rings. The van der Waals surface area contributed by atoms with E-state index in [1.807, 2.05) is 31.2 Å². The normalized spacial score (nSPS) is 12.0. The van der Waals surface area contributed by atoms with Crippen LogP contribution in [0.25, 0.3) is 11.2 Å². The molecule has 1 N–H and O–H groups in total. The van der Waals surface area contributed by atoms with E-state index < -0.39 is 17.3 Å². The summed E-state index contributed by atoms with van der Waals surface area (Å²) in [7, 11) is 2.94. The van der Waals surface area contributed by atoms with Crippen LogP contribution < -0.4 is 21.3 Å². The van der Waals surface area contributed by atoms with Crippen LogP contribution in [0.15, 0.2) is 70.5 Å². The molecule has 2 aromatic carbocycles. The fourth-order valence-electron chi connectivity index (χ4n) is 3.69. The Morgan fingerprint density at radius 1 is 1.03 bits per heavy atom. The minimum Gasteiger partial charge on any atom is -0.492 e. The third-order valence-electron chi connectivity index (χ3n) is 5.26. The van der Waals surface area contributed by atoms with Crippen molar-refractivity contribution in [3.8, 4) is 5.75 Å². The van der Waals surface area contributed by atoms with Crippen molar-refractivity contribution in [2.24, 2.45) is 14.1 Å². The number of ether oxygens (including phenoxy) is 1. The number of carbonyl (C=O) groups is 1. The van der Waals surface area contributed by atoms with Gasteiger partial charge < -0.3 is 14.6 Å². The molecular formula is C23H23N5O4. The number of hydrogen-bond acceptors (Lipinski definition) is 5. The number of hydrogen-bond donors (Lipinski definition) is 1. The average molecular weight is 433 g/mol. The van der Waals surface area contributed by atoms with Crippen molar-refractivity contribution < 1.29 is 9.53 Å². The van der Waals surface area contributed by atoms with E-state index in [0.717, 1.165) is 4.57 Å². The molecule has 9 nitrogen and oxygen atoms in total. The summed E-state index contributed by atoms with van der Waals surface area (Å²) < 4.78 is 9.42. The lowest BCUT2D eigenvalue weighted by molar-refractivity contribution is -0.118. The van der Waals surface area contributed by atoms with Crippen molar-refractivity contribution in [2.45, 2.75) is 13.0 Å². The molecule has 0 aliphatic carbocycles. The Bertz CT molecular complexity index is 1400. The second-order valence-electron chi connectivity index (χ2n) is 7.26. The first kappa shape index (κ1) is 21.1. The largest absolute Gasteiger partial charge is 0.492 e. The van der Waals surface area contributed by atoms with Crippen LogP contribution in [0.3, 0.4) is 0 Å². The van der Waals surface area contributed by atoms with Crippen LogP contribution in [0.1, 0.15) is 18.5 Å². The molecule has 2 aromatic heterocycles. The molecule has 4 rings (SSSR count). The summed E-state index contributed by atoms with van der Waals surface area (Å²) in [6.07, 6.45) is 1.41. The Morgan fingerprint density at radius 2 is 1.72 bits per heavy atom. The van der Waals surface area contributed by atoms with Crippen LogP contribution in [-0.2, 0) is 18.9 Å². The number of imidazole rings is 1. The number of benzene rings is 2. The standard InChI is InChI=1S/C23H23N5O4/c1-4-32-17-13-9-8-12-16(17)25-21(29)18(15-10-6-5-7-11-15)28-14-24-20-19(28)22(30)27(3)23(31)26(20)2/h5-14,18H,4H2,1-3H3,(H,25,29)/t18-/m1/s1. The van der Waals surface area contributed by atoms with Crippen LogP contribution in [0.4, 0.5) is 5.69 Å². The summed E-state index contributed by atoms with van der Waals surface area (Å²) in [4.78, 5) is 43.1. The first-order chi connectivity index (χ1) is 15.4. The van der Waals surface area contributed by atoms with E-state index in [1.165, 1.54) is 29.6 Å². The highest BCUT2D eigenvalue weighted by atomic mass is 16.5. The van der Waals surface area contributed by atoms with E-state index in [1.54, 1.807) is 30.3 Å². The van der Waals surface area contributed by atoms with Crippen LogP contribution in [-0.4, -0.2) is 31.2 Å². The number of carbonyl (C=O) groups excluding carboxylic acids is 1. The molecule has 9 heteroatoms. The van der Waals surface area contributed by atoms with E-state index in [2.05, 4.69) is 10.3 Å². The highest BCUT2D eigenvalue weighted by molar-refractivity contribution is 5.97. The molecule has 0 saturated heterocycles. The van der Waals surface area contributed by atoms with E-state index in [4.69, 9.17) is 4.74 Å². The highest BCUT2D eigenvalue weighted by Crippen LogP contribution is 2.28. The fraction of sp³-hybridized carbons (Fsp3) is 0.217. The van der Waals surface area contributed by atoms with Crippen molar-refractivity contribution in [3.63, 3.8) is 0 Å². The Kier molecular flexibility index (Phi) is 5.63. The molecule has 0 fully saturated rings. The average Bonchev–Trinajstić information content (AvgIpc) is 3.23. The first-order valence-electron chi connectivity index (χ1n) is 10.1. The molecule has 0 radical (unpaired) electrons. The molecule has 0 saturated carbocycles. The maximum absolute atomic E-state index is 13.6. The SMILES string of the molecule is CCOc1ccccc1NC(=O)[C@@H](c1ccccc1)n1cnc2c1c(=O)n(C)c(=O)n2C. The van der Waals surface area contributed by atoms with Gasteiger partial charge in [-0.15, -0.1) is 0 Å². The number of anilines is 1. The smallest absolute Gasteiger partial charge is 0.332 e. The van der Waals surface area contributed by atoms with Gasteiger partial charge >= 0.3 is 5.69 Å². The number of amides is 1. The summed E-state index contributed by atoms with van der Waals surface area (Å²) >= 11 is 0. The van der Waals surface area contributed by atoms with Crippen molar-refractivity contribution in [3.05, 3.63) is 87.3 Å². The van der Waals surface area contributed by atoms with Gasteiger partial charge in [0, 0.05) is 14.1 Å². The third-order valence-corrected chi connectivity index (χ3v) is 5.26. The Labute approximate surface area is 183 Å². The first-order valence-corrected chi connectivity index (χ1v) is 10.1. The molecule has 1 amide bonds. The lowest BCUT2D eigenvalue weighted by Gasteiger charge is -2.20. The van der Waals surface area contributed by atoms with E-state index in [0.29, 0.717) is 23.6 Å². The van der Waals surface area contributed by atoms with Gasteiger partial charge in [0.05, 0.1) is 18.6 Å². The van der Waals surface area contributed by atoms with Crippen molar-refractivity contribution in [2.75, 3.05) is 11.9 Å². The second-order valence-corrected chi connectivity index (χ2v) is 7.26. The van der Waals surface area contributed by atoms with Gasteiger partial charge in [-0.05, 0) is 24.6 Å². The van der Waals surface area contributed by atoms with Crippen molar-refractivity contribution in [1.29, 1.82) is 0 Å². The molecule has 0 spiro atoms. The molecule has 2 heterocycles. The van der Waals surface area contributed by atoms with Gasteiger partial charge in [-0.2, -0.15) is 0 Å². The molecule has 0 bridgehead atoms. The van der Waals surface area contributed by atoms with E-state index >= 15 is 0 Å². The number of aromatic nitrogens is 4. The number of nitrogens with one attached hydrogen (secondary N) is 1. The predicted molar refractivity (Wildman–Crippen MR) is 121 cm³/mol. The molecule has 1 atom stereocenters. The lowest BCUT2D eigenvalue weighted by Crippen LogP contribution is -2.38. The summed E-state index contributed by atoms with van der Waals surface area (Å²) in [6.45, 7) is 2.31. The van der Waals surface area contributed by atoms with E-state index in [-0.39, 0.29) is 17.1 Å². The van der Waals surface area contributed by atoms with Crippen LogP contribution >= 0.6 is 0 Å². The highest BCUT2D eigenvalue weighted by Gasteiger charge is 2.27. The minimum absolute atomic E-state index is 0.164. The second kappa shape index (κ2) is 8.54. The number of nitrogens with zero attached hydrogens (tertiary/aromatic N) is 4. The van der Waals surface area contributed by atoms with Gasteiger partial charge in [0.1, 0.15) is 11.8 Å². The van der Waals surface area contributed by atoms with Crippen molar-refractivity contribution in [1.82, 2.24) is 18.7 Å². The summed E-state index contributed by atoms with van der Waals surface area (Å²) in [5.41, 5.74) is 0.542. The number of para-hydroxylation sites is 2. The summed E-state index contributed by atoms with van der Waals surface area (Å²) in [5.74, 6) is 0.169. The third kappa shape index (κ3) is 3.58. The topological polar surface area (TPSA) is 100 Å². The fourth-order valence-corrected chi connectivity index (χ4v) is 3.69. The maximum Gasteiger partial charge on any atom is 0.332 e. The monoisotopic (exact) mass is 433 g/mol. The molecule has 0 aliphatic rings. The van der Waals surface area contributed by atoms with Gasteiger partial charge in [0.2, 0.25) is 0 Å². The zero-order chi connectivity index (χ0) is 22.8. The maximum atomic E-state index is 13.6. The molecule has 32 heavy (non-hydrogen) atoms. The van der Waals surface area contributed by atoms with Crippen molar-refractivity contribution >= 4 is 22.8 Å². The van der Waals surface area contributed by atoms with Gasteiger partial charge in [0.15, 0.2) is 11.2 Å². The number of fused-ring (bicyclic) bond motifs is 1.